The molecule has 92 valence electrons. The Balaban J connectivity index is 3.23. The Morgan fingerprint density at radius 3 is 2.18 bits per heavy atom. The van der Waals surface area contributed by atoms with Crippen LogP contribution in [0.5, 0.6) is 11.5 Å². The first-order valence-corrected chi connectivity index (χ1v) is 4.50. The van der Waals surface area contributed by atoms with Gasteiger partial charge in [-0.25, -0.2) is 4.79 Å². The van der Waals surface area contributed by atoms with Crippen LogP contribution < -0.4 is 0 Å². The minimum Gasteiger partial charge on any atom is -0.508 e. The van der Waals surface area contributed by atoms with Crippen molar-refractivity contribution in [1.29, 1.82) is 0 Å². The summed E-state index contributed by atoms with van der Waals surface area (Å²) in [6.45, 7) is 0. The molecule has 1 atom stereocenters. The van der Waals surface area contributed by atoms with Crippen LogP contribution in [0, 0.1) is 0 Å². The lowest BCUT2D eigenvalue weighted by molar-refractivity contribution is -0.147. The summed E-state index contributed by atoms with van der Waals surface area (Å²) >= 11 is 0. The molecule has 1 aromatic carbocycles. The molecule has 0 aliphatic heterocycles. The van der Waals surface area contributed by atoms with Crippen LogP contribution in [0.15, 0.2) is 12.1 Å². The molecule has 0 saturated carbocycles. The van der Waals surface area contributed by atoms with Crippen LogP contribution in [0.1, 0.15) is 17.2 Å². The van der Waals surface area contributed by atoms with Crippen LogP contribution in [0.4, 0.5) is 0 Å². The number of phenolic OH excluding ortho intramolecular Hbond substituents is 2. The van der Waals surface area contributed by atoms with E-state index in [0.29, 0.717) is 0 Å². The lowest BCUT2D eigenvalue weighted by Gasteiger charge is -2.11. The van der Waals surface area contributed by atoms with Crippen molar-refractivity contribution in [3.05, 3.63) is 23.3 Å². The first-order chi connectivity index (χ1) is 7.82. The molecule has 7 nitrogen and oxygen atoms in total. The van der Waals surface area contributed by atoms with Crippen LogP contribution in [-0.2, 0) is 16.0 Å². The first-order valence-electron chi connectivity index (χ1n) is 4.50. The minimum atomic E-state index is -1.98. The average Bonchev–Trinajstić information content (AvgIpc) is 2.20. The second-order valence-corrected chi connectivity index (χ2v) is 3.35. The van der Waals surface area contributed by atoms with E-state index < -0.39 is 36.0 Å². The summed E-state index contributed by atoms with van der Waals surface area (Å²) in [6.07, 6.45) is -2.53. The largest absolute Gasteiger partial charge is 0.508 e. The molecule has 17 heavy (non-hydrogen) atoms. The molecule has 0 heterocycles. The number of carboxylic acids is 2. The molecule has 1 unspecified atom stereocenters. The predicted molar refractivity (Wildman–Crippen MR) is 53.7 cm³/mol. The third-order valence-corrected chi connectivity index (χ3v) is 2.10. The Morgan fingerprint density at radius 1 is 1.12 bits per heavy atom. The van der Waals surface area contributed by atoms with Crippen LogP contribution in [0.3, 0.4) is 0 Å². The molecule has 5 N–H and O–H groups in total. The number of hydrogen-bond acceptors (Lipinski definition) is 5. The Morgan fingerprint density at radius 2 is 1.71 bits per heavy atom. The van der Waals surface area contributed by atoms with E-state index in [2.05, 4.69) is 0 Å². The van der Waals surface area contributed by atoms with Gasteiger partial charge in [-0.1, -0.05) is 0 Å². The molecule has 0 aliphatic rings. The number of carboxylic acid groups (broad SMARTS) is 2. The number of phenols is 2. The summed E-state index contributed by atoms with van der Waals surface area (Å²) in [5, 5.41) is 45.0. The molecule has 1 aromatic rings. The van der Waals surface area contributed by atoms with Gasteiger partial charge in [-0.15, -0.1) is 0 Å². The van der Waals surface area contributed by atoms with Crippen molar-refractivity contribution in [1.82, 2.24) is 0 Å². The van der Waals surface area contributed by atoms with Crippen molar-refractivity contribution in [3.63, 3.8) is 0 Å². The van der Waals surface area contributed by atoms with Gasteiger partial charge in [-0.2, -0.15) is 0 Å². The number of aliphatic hydroxyl groups excluding tert-OH is 1. The third kappa shape index (κ3) is 2.85. The molecule has 7 heteroatoms. The van der Waals surface area contributed by atoms with Gasteiger partial charge in [-0.05, 0) is 6.07 Å². The fourth-order valence-corrected chi connectivity index (χ4v) is 1.30. The molecule has 0 spiro atoms. The molecule has 0 amide bonds. The molecule has 0 radical (unpaired) electrons. The average molecular weight is 242 g/mol. The molecular formula is C10H10O7. The van der Waals surface area contributed by atoms with Gasteiger partial charge in [0.25, 0.3) is 0 Å². The number of aromatic hydroxyl groups is 2. The Kier molecular flexibility index (Phi) is 3.54. The van der Waals surface area contributed by atoms with Crippen molar-refractivity contribution >= 4 is 11.9 Å². The van der Waals surface area contributed by atoms with Gasteiger partial charge < -0.3 is 25.5 Å². The molecular weight excluding hydrogens is 232 g/mol. The number of benzene rings is 1. The van der Waals surface area contributed by atoms with Gasteiger partial charge in [0.05, 0.1) is 6.42 Å². The number of hydrogen-bond donors (Lipinski definition) is 5. The van der Waals surface area contributed by atoms with E-state index in [1.807, 2.05) is 0 Å². The fraction of sp³-hybridized carbons (Fsp3) is 0.200. The van der Waals surface area contributed by atoms with Crippen LogP contribution in [-0.4, -0.2) is 37.5 Å². The maximum Gasteiger partial charge on any atom is 0.337 e. The molecule has 0 aromatic heterocycles. The SMILES string of the molecule is O=C(O)Cc1cc(C(O)C(=O)O)c(O)cc1O. The summed E-state index contributed by atoms with van der Waals surface area (Å²) in [6, 6.07) is 1.73. The quantitative estimate of drug-likeness (QED) is 0.495. The Hall–Kier alpha value is -2.28. The van der Waals surface area contributed by atoms with Gasteiger partial charge in [0.1, 0.15) is 11.5 Å². The smallest absolute Gasteiger partial charge is 0.337 e. The fourth-order valence-electron chi connectivity index (χ4n) is 1.30. The van der Waals surface area contributed by atoms with E-state index in [9.17, 15) is 24.9 Å². The predicted octanol–water partition coefficient (Wildman–Crippen LogP) is -0.157. The lowest BCUT2D eigenvalue weighted by atomic mass is 10.0. The van der Waals surface area contributed by atoms with E-state index in [-0.39, 0.29) is 11.1 Å². The van der Waals surface area contributed by atoms with Gasteiger partial charge in [-0.3, -0.25) is 4.79 Å². The summed E-state index contributed by atoms with van der Waals surface area (Å²) in [7, 11) is 0. The van der Waals surface area contributed by atoms with Crippen molar-refractivity contribution in [3.8, 4) is 11.5 Å². The zero-order valence-corrected chi connectivity index (χ0v) is 8.49. The summed E-state index contributed by atoms with van der Waals surface area (Å²) < 4.78 is 0. The van der Waals surface area contributed by atoms with Crippen molar-refractivity contribution < 1.29 is 35.1 Å². The molecule has 1 rings (SSSR count). The Bertz CT molecular complexity index is 466. The van der Waals surface area contributed by atoms with Gasteiger partial charge >= 0.3 is 11.9 Å². The van der Waals surface area contributed by atoms with Crippen molar-refractivity contribution in [2.75, 3.05) is 0 Å². The highest BCUT2D eigenvalue weighted by Crippen LogP contribution is 2.31. The van der Waals surface area contributed by atoms with Crippen LogP contribution >= 0.6 is 0 Å². The summed E-state index contributed by atoms with van der Waals surface area (Å²) in [4.78, 5) is 21.0. The zero-order chi connectivity index (χ0) is 13.2. The lowest BCUT2D eigenvalue weighted by Crippen LogP contribution is -2.11. The first kappa shape index (κ1) is 12.8. The standard InChI is InChI=1S/C10H10O7/c11-6-3-7(12)5(9(15)10(16)17)1-4(6)2-8(13)14/h1,3,9,11-12,15H,2H2,(H,13,14)(H,16,17). The second-order valence-electron chi connectivity index (χ2n) is 3.35. The van der Waals surface area contributed by atoms with E-state index in [1.165, 1.54) is 0 Å². The maximum absolute atomic E-state index is 10.5. The van der Waals surface area contributed by atoms with Gasteiger partial charge in [0.2, 0.25) is 0 Å². The van der Waals surface area contributed by atoms with E-state index in [1.54, 1.807) is 0 Å². The minimum absolute atomic E-state index is 0.0920. The van der Waals surface area contributed by atoms with E-state index in [4.69, 9.17) is 10.2 Å². The monoisotopic (exact) mass is 242 g/mol. The number of carbonyl (C=O) groups is 2. The van der Waals surface area contributed by atoms with Crippen molar-refractivity contribution in [2.45, 2.75) is 12.5 Å². The second kappa shape index (κ2) is 4.71. The van der Waals surface area contributed by atoms with Crippen LogP contribution in [0.25, 0.3) is 0 Å². The maximum atomic E-state index is 10.5. The highest BCUT2D eigenvalue weighted by molar-refractivity contribution is 5.76. The zero-order valence-electron chi connectivity index (χ0n) is 8.49. The third-order valence-electron chi connectivity index (χ3n) is 2.10. The topological polar surface area (TPSA) is 135 Å². The number of aliphatic carboxylic acids is 2. The Labute approximate surface area is 95.2 Å². The summed E-state index contributed by atoms with van der Waals surface area (Å²) in [5.41, 5.74) is -0.461. The van der Waals surface area contributed by atoms with Gasteiger partial charge in [0, 0.05) is 17.2 Å². The summed E-state index contributed by atoms with van der Waals surface area (Å²) in [5.74, 6) is -3.92. The van der Waals surface area contributed by atoms with Crippen LogP contribution in [0.2, 0.25) is 0 Å². The molecule has 0 aliphatic carbocycles. The molecule has 0 bridgehead atoms. The molecule has 0 fully saturated rings. The number of rotatable bonds is 4. The number of aliphatic hydroxyl groups is 1. The normalized spacial score (nSPS) is 12.1. The molecule has 0 saturated heterocycles. The van der Waals surface area contributed by atoms with E-state index >= 15 is 0 Å². The van der Waals surface area contributed by atoms with Crippen molar-refractivity contribution in [2.24, 2.45) is 0 Å². The van der Waals surface area contributed by atoms with Gasteiger partial charge in [0.15, 0.2) is 6.10 Å². The highest BCUT2D eigenvalue weighted by Gasteiger charge is 2.22. The highest BCUT2D eigenvalue weighted by atomic mass is 16.4. The van der Waals surface area contributed by atoms with E-state index in [0.717, 1.165) is 12.1 Å².